The predicted molar refractivity (Wildman–Crippen MR) is 27.1 cm³/mol. The molecule has 1 aliphatic heterocycles. The van der Waals surface area contributed by atoms with Gasteiger partial charge in [0.15, 0.2) is 6.26 Å². The Morgan fingerprint density at radius 3 is 2.82 bits per heavy atom. The van der Waals surface area contributed by atoms with E-state index in [4.69, 9.17) is 0 Å². The lowest BCUT2D eigenvalue weighted by atomic mass is 10.8. The lowest BCUT2D eigenvalue weighted by molar-refractivity contribution is -0.240. The van der Waals surface area contributed by atoms with Gasteiger partial charge in [-0.25, -0.2) is 8.78 Å². The van der Waals surface area contributed by atoms with Gasteiger partial charge in [-0.1, -0.05) is 0 Å². The Bertz CT molecular complexity index is 159. The van der Waals surface area contributed by atoms with Crippen molar-refractivity contribution >= 4 is 0 Å². The minimum absolute atomic E-state index is 0.649. The van der Waals surface area contributed by atoms with Crippen LogP contribution in [0.1, 0.15) is 0 Å². The zero-order chi connectivity index (χ0) is 8.27. The summed E-state index contributed by atoms with van der Waals surface area (Å²) >= 11 is 0. The molecule has 0 radical (unpaired) electrons. The SMILES string of the molecule is FC1=COC(OCC(F)F)O1. The molecule has 64 valence electrons. The van der Waals surface area contributed by atoms with E-state index in [2.05, 4.69) is 14.2 Å². The van der Waals surface area contributed by atoms with Crippen molar-refractivity contribution in [1.29, 1.82) is 0 Å². The van der Waals surface area contributed by atoms with Crippen molar-refractivity contribution in [3.8, 4) is 0 Å². The Labute approximate surface area is 60.3 Å². The number of halogens is 3. The highest BCUT2D eigenvalue weighted by Crippen LogP contribution is 2.15. The minimum atomic E-state index is -2.62. The summed E-state index contributed by atoms with van der Waals surface area (Å²) in [5.74, 6) is 0. The summed E-state index contributed by atoms with van der Waals surface area (Å²) in [6.45, 7) is -2.21. The maximum Gasteiger partial charge on any atom is 0.362 e. The van der Waals surface area contributed by atoms with E-state index in [0.717, 1.165) is 0 Å². The van der Waals surface area contributed by atoms with E-state index in [1.165, 1.54) is 0 Å². The van der Waals surface area contributed by atoms with Crippen molar-refractivity contribution in [1.82, 2.24) is 0 Å². The average Bonchev–Trinajstić information content (AvgIpc) is 2.31. The van der Waals surface area contributed by atoms with Gasteiger partial charge in [0.05, 0.1) is 0 Å². The van der Waals surface area contributed by atoms with Gasteiger partial charge in [0, 0.05) is 0 Å². The second kappa shape index (κ2) is 3.47. The highest BCUT2D eigenvalue weighted by atomic mass is 19.3. The van der Waals surface area contributed by atoms with Crippen LogP contribution in [0.15, 0.2) is 12.3 Å². The van der Waals surface area contributed by atoms with Crippen LogP contribution in [0.2, 0.25) is 0 Å². The van der Waals surface area contributed by atoms with Crippen LogP contribution in [0.4, 0.5) is 13.2 Å². The summed E-state index contributed by atoms with van der Waals surface area (Å²) in [6.07, 6.45) is -1.97. The van der Waals surface area contributed by atoms with Gasteiger partial charge in [0.1, 0.15) is 6.61 Å². The van der Waals surface area contributed by atoms with Crippen LogP contribution >= 0.6 is 0 Å². The Morgan fingerprint density at radius 1 is 1.64 bits per heavy atom. The smallest absolute Gasteiger partial charge is 0.362 e. The van der Waals surface area contributed by atoms with Gasteiger partial charge in [0.25, 0.3) is 6.43 Å². The van der Waals surface area contributed by atoms with Gasteiger partial charge in [0.2, 0.25) is 0 Å². The van der Waals surface area contributed by atoms with Crippen LogP contribution in [-0.2, 0) is 14.2 Å². The zero-order valence-corrected chi connectivity index (χ0v) is 5.30. The van der Waals surface area contributed by atoms with Crippen molar-refractivity contribution in [2.24, 2.45) is 0 Å². The molecule has 1 atom stereocenters. The van der Waals surface area contributed by atoms with Gasteiger partial charge in [-0.05, 0) is 0 Å². The first-order chi connectivity index (χ1) is 5.18. The van der Waals surface area contributed by atoms with Crippen LogP contribution in [-0.4, -0.2) is 19.5 Å². The molecule has 0 aromatic heterocycles. The van der Waals surface area contributed by atoms with Crippen molar-refractivity contribution in [2.45, 2.75) is 12.9 Å². The van der Waals surface area contributed by atoms with Crippen molar-refractivity contribution in [3.05, 3.63) is 12.3 Å². The molecule has 0 saturated carbocycles. The van der Waals surface area contributed by atoms with Gasteiger partial charge in [-0.2, -0.15) is 4.39 Å². The third-order valence-corrected chi connectivity index (χ3v) is 0.839. The summed E-state index contributed by atoms with van der Waals surface area (Å²) in [7, 11) is 0. The molecular formula is C5H5F3O3. The van der Waals surface area contributed by atoms with E-state index in [1.54, 1.807) is 0 Å². The fourth-order valence-electron chi connectivity index (χ4n) is 0.481. The third kappa shape index (κ3) is 2.67. The first-order valence-electron chi connectivity index (χ1n) is 2.76. The molecule has 0 fully saturated rings. The van der Waals surface area contributed by atoms with E-state index in [-0.39, 0.29) is 0 Å². The Morgan fingerprint density at radius 2 is 2.36 bits per heavy atom. The normalized spacial score (nSPS) is 22.9. The summed E-state index contributed by atoms with van der Waals surface area (Å²) < 4.78 is 47.5. The molecule has 0 amide bonds. The van der Waals surface area contributed by atoms with Gasteiger partial charge >= 0.3 is 12.5 Å². The maximum absolute atomic E-state index is 11.9. The summed E-state index contributed by atoms with van der Waals surface area (Å²) in [5, 5.41) is 0. The Kier molecular flexibility index (Phi) is 2.58. The molecule has 3 nitrogen and oxygen atoms in total. The minimum Gasteiger partial charge on any atom is -0.433 e. The topological polar surface area (TPSA) is 27.7 Å². The highest BCUT2D eigenvalue weighted by Gasteiger charge is 2.21. The van der Waals surface area contributed by atoms with E-state index in [1.807, 2.05) is 0 Å². The monoisotopic (exact) mass is 170 g/mol. The molecule has 1 rings (SSSR count). The standard InChI is InChI=1S/C5H5F3O3/c6-3(7)1-9-5-10-2-4(8)11-5/h2-3,5H,1H2. The third-order valence-electron chi connectivity index (χ3n) is 0.839. The summed E-state index contributed by atoms with van der Waals surface area (Å²) in [5.41, 5.74) is 0. The number of ether oxygens (including phenoxy) is 3. The second-order valence-corrected chi connectivity index (χ2v) is 1.69. The molecule has 6 heteroatoms. The molecule has 1 aliphatic rings. The molecule has 0 N–H and O–H groups in total. The number of rotatable bonds is 3. The predicted octanol–water partition coefficient (Wildman–Crippen LogP) is 1.37. The second-order valence-electron chi connectivity index (χ2n) is 1.69. The Balaban J connectivity index is 2.11. The van der Waals surface area contributed by atoms with E-state index in [0.29, 0.717) is 6.26 Å². The van der Waals surface area contributed by atoms with Gasteiger partial charge < -0.3 is 14.2 Å². The zero-order valence-electron chi connectivity index (χ0n) is 5.30. The largest absolute Gasteiger partial charge is 0.433 e. The first kappa shape index (κ1) is 8.19. The van der Waals surface area contributed by atoms with Crippen LogP contribution < -0.4 is 0 Å². The molecule has 0 saturated heterocycles. The molecule has 0 aromatic carbocycles. The lowest BCUT2D eigenvalue weighted by Crippen LogP contribution is -2.17. The fraction of sp³-hybridized carbons (Fsp3) is 0.600. The molecular weight excluding hydrogens is 165 g/mol. The van der Waals surface area contributed by atoms with E-state index >= 15 is 0 Å². The molecule has 0 bridgehead atoms. The number of alkyl halides is 2. The molecule has 1 heterocycles. The van der Waals surface area contributed by atoms with Crippen LogP contribution in [0.25, 0.3) is 0 Å². The van der Waals surface area contributed by atoms with Crippen molar-refractivity contribution < 1.29 is 27.4 Å². The van der Waals surface area contributed by atoms with Crippen LogP contribution in [0.3, 0.4) is 0 Å². The van der Waals surface area contributed by atoms with Crippen molar-refractivity contribution in [3.63, 3.8) is 0 Å². The van der Waals surface area contributed by atoms with E-state index in [9.17, 15) is 13.2 Å². The lowest BCUT2D eigenvalue weighted by Gasteiger charge is -2.09. The van der Waals surface area contributed by atoms with Gasteiger partial charge in [-0.3, -0.25) is 0 Å². The molecule has 0 aromatic rings. The van der Waals surface area contributed by atoms with Crippen LogP contribution in [0.5, 0.6) is 0 Å². The van der Waals surface area contributed by atoms with Gasteiger partial charge in [-0.15, -0.1) is 0 Å². The number of hydrogen-bond acceptors (Lipinski definition) is 3. The summed E-state index contributed by atoms with van der Waals surface area (Å²) in [6, 6.07) is -0.982. The maximum atomic E-state index is 11.9. The molecule has 0 aliphatic carbocycles. The molecule has 0 spiro atoms. The molecule has 11 heavy (non-hydrogen) atoms. The number of hydrogen-bond donors (Lipinski definition) is 0. The molecule has 1 unspecified atom stereocenters. The Hall–Kier alpha value is -0.910. The first-order valence-corrected chi connectivity index (χ1v) is 2.76. The van der Waals surface area contributed by atoms with E-state index < -0.39 is 25.5 Å². The highest BCUT2D eigenvalue weighted by molar-refractivity contribution is 4.77. The average molecular weight is 170 g/mol. The summed E-state index contributed by atoms with van der Waals surface area (Å²) in [4.78, 5) is 0. The van der Waals surface area contributed by atoms with Crippen LogP contribution in [0, 0.1) is 0 Å². The quantitative estimate of drug-likeness (QED) is 0.640. The fourth-order valence-corrected chi connectivity index (χ4v) is 0.481. The van der Waals surface area contributed by atoms with Crippen molar-refractivity contribution in [2.75, 3.05) is 6.61 Å².